The molecule has 0 aliphatic carbocycles. The van der Waals surface area contributed by atoms with Crippen molar-refractivity contribution < 1.29 is 18.7 Å². The lowest BCUT2D eigenvalue weighted by atomic mass is 10.1. The van der Waals surface area contributed by atoms with Crippen molar-refractivity contribution in [2.75, 3.05) is 19.6 Å². The molecule has 1 aromatic carbocycles. The van der Waals surface area contributed by atoms with Crippen LogP contribution >= 0.6 is 27.5 Å². The van der Waals surface area contributed by atoms with Crippen LogP contribution < -0.4 is 0 Å². The molecule has 5 nitrogen and oxygen atoms in total. The normalized spacial score (nSPS) is 18.3. The highest BCUT2D eigenvalue weighted by Gasteiger charge is 2.32. The van der Waals surface area contributed by atoms with Crippen LogP contribution in [0.1, 0.15) is 38.1 Å². The summed E-state index contributed by atoms with van der Waals surface area (Å²) in [6.45, 7) is 8.33. The van der Waals surface area contributed by atoms with E-state index in [0.717, 1.165) is 6.07 Å². The Kier molecular flexibility index (Phi) is 5.99. The number of hydrogen-bond donors (Lipinski definition) is 0. The highest BCUT2D eigenvalue weighted by Crippen LogP contribution is 2.28. The highest BCUT2D eigenvalue weighted by molar-refractivity contribution is 9.10. The third-order valence-electron chi connectivity index (χ3n) is 3.77. The SMILES string of the molecule is C[C@@H]1CN(C(=O)OC(C)(C)C)CCN1C(=O)c1cc(F)c(Cl)c(Br)c1. The first kappa shape index (κ1) is 20.0. The van der Waals surface area contributed by atoms with Gasteiger partial charge in [0.1, 0.15) is 11.4 Å². The summed E-state index contributed by atoms with van der Waals surface area (Å²) in [5.41, 5.74) is -0.355. The van der Waals surface area contributed by atoms with Gasteiger partial charge in [-0.2, -0.15) is 0 Å². The van der Waals surface area contributed by atoms with Gasteiger partial charge in [0.25, 0.3) is 5.91 Å². The molecule has 0 spiro atoms. The Hall–Kier alpha value is -1.34. The predicted octanol–water partition coefficient (Wildman–Crippen LogP) is 4.32. The first-order chi connectivity index (χ1) is 11.5. The number of rotatable bonds is 1. The van der Waals surface area contributed by atoms with Crippen molar-refractivity contribution in [1.29, 1.82) is 0 Å². The first-order valence-corrected chi connectivity index (χ1v) is 9.10. The van der Waals surface area contributed by atoms with E-state index in [0.29, 0.717) is 24.1 Å². The van der Waals surface area contributed by atoms with E-state index in [9.17, 15) is 14.0 Å². The molecule has 0 N–H and O–H groups in total. The number of carbonyl (C=O) groups excluding carboxylic acids is 2. The van der Waals surface area contributed by atoms with Crippen LogP contribution in [0.3, 0.4) is 0 Å². The maximum atomic E-state index is 13.8. The summed E-state index contributed by atoms with van der Waals surface area (Å²) in [5.74, 6) is -0.952. The average Bonchev–Trinajstić information content (AvgIpc) is 2.49. The molecule has 1 aromatic rings. The van der Waals surface area contributed by atoms with E-state index in [1.807, 2.05) is 6.92 Å². The topological polar surface area (TPSA) is 49.9 Å². The van der Waals surface area contributed by atoms with Crippen molar-refractivity contribution in [2.45, 2.75) is 39.3 Å². The Morgan fingerprint density at radius 3 is 2.48 bits per heavy atom. The minimum absolute atomic E-state index is 0.0562. The van der Waals surface area contributed by atoms with Gasteiger partial charge >= 0.3 is 6.09 Å². The largest absolute Gasteiger partial charge is 0.444 e. The van der Waals surface area contributed by atoms with E-state index in [1.165, 1.54) is 6.07 Å². The lowest BCUT2D eigenvalue weighted by molar-refractivity contribution is 0.00616. The van der Waals surface area contributed by atoms with Crippen molar-refractivity contribution >= 4 is 39.5 Å². The van der Waals surface area contributed by atoms with Gasteiger partial charge in [0.05, 0.1) is 5.02 Å². The second kappa shape index (κ2) is 7.50. The zero-order valence-corrected chi connectivity index (χ0v) is 16.9. The standard InChI is InChI=1S/C17H21BrClFN2O3/c1-10-9-21(16(24)25-17(2,3)4)5-6-22(10)15(23)11-7-12(18)14(19)13(20)8-11/h7-8,10H,5-6,9H2,1-4H3/t10-/m1/s1. The molecule has 1 atom stereocenters. The third-order valence-corrected chi connectivity index (χ3v) is 5.01. The highest BCUT2D eigenvalue weighted by atomic mass is 79.9. The maximum absolute atomic E-state index is 13.8. The van der Waals surface area contributed by atoms with Crippen LogP contribution in [0.5, 0.6) is 0 Å². The number of piperazine rings is 1. The van der Waals surface area contributed by atoms with Gasteiger partial charge in [-0.15, -0.1) is 0 Å². The summed E-state index contributed by atoms with van der Waals surface area (Å²) >= 11 is 8.92. The van der Waals surface area contributed by atoms with Crippen LogP contribution in [0.2, 0.25) is 5.02 Å². The van der Waals surface area contributed by atoms with Crippen molar-refractivity contribution in [3.63, 3.8) is 0 Å². The summed E-state index contributed by atoms with van der Waals surface area (Å²) in [6.07, 6.45) is -0.397. The average molecular weight is 436 g/mol. The van der Waals surface area contributed by atoms with Crippen LogP contribution in [-0.2, 0) is 4.74 Å². The molecular weight excluding hydrogens is 415 g/mol. The monoisotopic (exact) mass is 434 g/mol. The lowest BCUT2D eigenvalue weighted by Crippen LogP contribution is -2.56. The number of benzene rings is 1. The van der Waals surface area contributed by atoms with Crippen molar-refractivity contribution in [3.8, 4) is 0 Å². The quantitative estimate of drug-likeness (QED) is 0.617. The maximum Gasteiger partial charge on any atom is 0.410 e. The Labute approximate surface area is 160 Å². The van der Waals surface area contributed by atoms with Crippen LogP contribution in [-0.4, -0.2) is 53.1 Å². The first-order valence-electron chi connectivity index (χ1n) is 7.93. The van der Waals surface area contributed by atoms with Gasteiger partial charge in [-0.3, -0.25) is 4.79 Å². The summed E-state index contributed by atoms with van der Waals surface area (Å²) in [5, 5.41) is -0.0562. The smallest absolute Gasteiger partial charge is 0.410 e. The number of nitrogens with zero attached hydrogens (tertiary/aromatic N) is 2. The van der Waals surface area contributed by atoms with Crippen molar-refractivity contribution in [3.05, 3.63) is 33.0 Å². The molecule has 0 bridgehead atoms. The zero-order valence-electron chi connectivity index (χ0n) is 14.6. The van der Waals surface area contributed by atoms with E-state index in [1.54, 1.807) is 30.6 Å². The molecule has 1 fully saturated rings. The molecule has 1 aliphatic heterocycles. The molecule has 0 aromatic heterocycles. The van der Waals surface area contributed by atoms with Gasteiger partial charge in [0, 0.05) is 35.7 Å². The Bertz CT molecular complexity index is 670. The molecule has 1 heterocycles. The van der Waals surface area contributed by atoms with E-state index < -0.39 is 17.5 Å². The number of hydrogen-bond acceptors (Lipinski definition) is 3. The molecular formula is C17H21BrClFN2O3. The van der Waals surface area contributed by atoms with E-state index in [4.69, 9.17) is 16.3 Å². The fourth-order valence-electron chi connectivity index (χ4n) is 2.60. The number of carbonyl (C=O) groups is 2. The van der Waals surface area contributed by atoms with E-state index in [2.05, 4.69) is 15.9 Å². The van der Waals surface area contributed by atoms with Crippen LogP contribution in [0.15, 0.2) is 16.6 Å². The molecule has 1 saturated heterocycles. The minimum Gasteiger partial charge on any atom is -0.444 e. The zero-order chi connectivity index (χ0) is 18.9. The second-order valence-corrected chi connectivity index (χ2v) is 8.26. The number of ether oxygens (including phenoxy) is 1. The Morgan fingerprint density at radius 2 is 1.96 bits per heavy atom. The number of amides is 2. The van der Waals surface area contributed by atoms with Gasteiger partial charge in [-0.25, -0.2) is 9.18 Å². The van der Waals surface area contributed by atoms with Gasteiger partial charge in [-0.05, 0) is 55.8 Å². The Balaban J connectivity index is 2.08. The summed E-state index contributed by atoms with van der Waals surface area (Å²) in [4.78, 5) is 28.1. The fraction of sp³-hybridized carbons (Fsp3) is 0.529. The summed E-state index contributed by atoms with van der Waals surface area (Å²) < 4.78 is 19.5. The van der Waals surface area contributed by atoms with Gasteiger partial charge in [-0.1, -0.05) is 11.6 Å². The van der Waals surface area contributed by atoms with Crippen LogP contribution in [0.4, 0.5) is 9.18 Å². The summed E-state index contributed by atoms with van der Waals surface area (Å²) in [6, 6.07) is 2.41. The van der Waals surface area contributed by atoms with Gasteiger partial charge in [0.2, 0.25) is 0 Å². The molecule has 2 rings (SSSR count). The van der Waals surface area contributed by atoms with Gasteiger partial charge < -0.3 is 14.5 Å². The van der Waals surface area contributed by atoms with Crippen molar-refractivity contribution in [1.82, 2.24) is 9.80 Å². The molecule has 138 valence electrons. The van der Waals surface area contributed by atoms with Crippen LogP contribution in [0.25, 0.3) is 0 Å². The molecule has 8 heteroatoms. The van der Waals surface area contributed by atoms with E-state index >= 15 is 0 Å². The predicted molar refractivity (Wildman–Crippen MR) is 97.4 cm³/mol. The molecule has 0 unspecified atom stereocenters. The molecule has 25 heavy (non-hydrogen) atoms. The third kappa shape index (κ3) is 4.85. The summed E-state index contributed by atoms with van der Waals surface area (Å²) in [7, 11) is 0. The molecule has 0 saturated carbocycles. The van der Waals surface area contributed by atoms with E-state index in [-0.39, 0.29) is 22.5 Å². The molecule has 1 aliphatic rings. The van der Waals surface area contributed by atoms with Gasteiger partial charge in [0.15, 0.2) is 0 Å². The minimum atomic E-state index is -0.653. The van der Waals surface area contributed by atoms with Crippen LogP contribution in [0, 0.1) is 5.82 Å². The fourth-order valence-corrected chi connectivity index (χ4v) is 3.14. The Morgan fingerprint density at radius 1 is 1.32 bits per heavy atom. The number of halogens is 3. The second-order valence-electron chi connectivity index (χ2n) is 7.03. The lowest BCUT2D eigenvalue weighted by Gasteiger charge is -2.40. The molecule has 2 amide bonds. The molecule has 0 radical (unpaired) electrons. The van der Waals surface area contributed by atoms with Crippen molar-refractivity contribution in [2.24, 2.45) is 0 Å².